The predicted octanol–water partition coefficient (Wildman–Crippen LogP) is 4.70. The van der Waals surface area contributed by atoms with Crippen molar-refractivity contribution in [2.75, 3.05) is 0 Å². The third-order valence-corrected chi connectivity index (χ3v) is 8.17. The Morgan fingerprint density at radius 2 is 1.09 bits per heavy atom. The molecule has 0 aromatic heterocycles. The molecule has 184 valence electrons. The van der Waals surface area contributed by atoms with Gasteiger partial charge in [-0.1, -0.05) is 31.9 Å². The first-order valence-corrected chi connectivity index (χ1v) is 13.8. The van der Waals surface area contributed by atoms with Crippen molar-refractivity contribution < 1.29 is 35.0 Å². The topological polar surface area (TPSA) is 173 Å². The lowest BCUT2D eigenvalue weighted by molar-refractivity contribution is -0.385. The molecule has 0 N–H and O–H groups in total. The zero-order valence-corrected chi connectivity index (χ0v) is 21.8. The Hall–Kier alpha value is -3.08. The van der Waals surface area contributed by atoms with E-state index in [4.69, 9.17) is 8.37 Å². The maximum atomic E-state index is 12.8. The third kappa shape index (κ3) is 6.14. The van der Waals surface area contributed by atoms with Gasteiger partial charge >= 0.3 is 20.2 Å². The quantitative estimate of drug-likeness (QED) is 0.137. The van der Waals surface area contributed by atoms with Crippen LogP contribution < -0.4 is 8.37 Å². The maximum absolute atomic E-state index is 12.8. The highest BCUT2D eigenvalue weighted by atomic mass is 79.9. The van der Waals surface area contributed by atoms with E-state index in [0.717, 1.165) is 48.5 Å². The van der Waals surface area contributed by atoms with Crippen LogP contribution in [0.3, 0.4) is 0 Å². The first kappa shape index (κ1) is 26.5. The number of alkyl halides is 1. The fourth-order valence-electron chi connectivity index (χ4n) is 2.61. The van der Waals surface area contributed by atoms with Crippen molar-refractivity contribution in [1.82, 2.24) is 0 Å². The van der Waals surface area contributed by atoms with E-state index < -0.39 is 51.4 Å². The van der Waals surface area contributed by atoms with Crippen LogP contribution in [0.4, 0.5) is 11.4 Å². The molecule has 0 saturated carbocycles. The second-order valence-corrected chi connectivity index (χ2v) is 11.1. The second-order valence-electron chi connectivity index (χ2n) is 6.60. The summed E-state index contributed by atoms with van der Waals surface area (Å²) in [6, 6.07) is 10.1. The van der Waals surface area contributed by atoms with Crippen molar-refractivity contribution in [3.05, 3.63) is 90.9 Å². The lowest BCUT2D eigenvalue weighted by Crippen LogP contribution is -2.14. The van der Waals surface area contributed by atoms with Gasteiger partial charge in [0, 0.05) is 40.1 Å². The van der Waals surface area contributed by atoms with E-state index in [9.17, 15) is 37.1 Å². The van der Waals surface area contributed by atoms with Crippen molar-refractivity contribution in [2.45, 2.75) is 15.1 Å². The Morgan fingerprint density at radius 1 is 0.714 bits per heavy atom. The van der Waals surface area contributed by atoms with Crippen LogP contribution in [0.2, 0.25) is 0 Å². The standard InChI is InChI=1S/C19H12Br2N2O10S2/c20-11-12-9-18(32-34(28,29)15-5-1-13(2-6-15)22(24)25)19(10-17(12)21)33-35(30,31)16-7-3-14(4-8-16)23(26)27/h1-10H,11H2. The second kappa shape index (κ2) is 10.3. The molecule has 12 nitrogen and oxygen atoms in total. The number of halogens is 2. The van der Waals surface area contributed by atoms with Gasteiger partial charge in [-0.2, -0.15) is 16.8 Å². The summed E-state index contributed by atoms with van der Waals surface area (Å²) >= 11 is 6.44. The number of nitrogens with zero attached hydrogens (tertiary/aromatic N) is 2. The van der Waals surface area contributed by atoms with Gasteiger partial charge in [-0.3, -0.25) is 20.2 Å². The summed E-state index contributed by atoms with van der Waals surface area (Å²) in [6.45, 7) is 0. The molecule has 3 rings (SSSR count). The van der Waals surface area contributed by atoms with Crippen LogP contribution in [0.25, 0.3) is 0 Å². The highest BCUT2D eigenvalue weighted by Gasteiger charge is 2.26. The molecule has 0 unspecified atom stereocenters. The smallest absolute Gasteiger partial charge is 0.339 e. The molecule has 0 aliphatic rings. The van der Waals surface area contributed by atoms with Crippen LogP contribution >= 0.6 is 31.9 Å². The van der Waals surface area contributed by atoms with Gasteiger partial charge in [-0.05, 0) is 35.9 Å². The minimum Gasteiger partial charge on any atom is -0.375 e. The van der Waals surface area contributed by atoms with E-state index in [1.54, 1.807) is 0 Å². The number of benzene rings is 3. The third-order valence-electron chi connectivity index (χ3n) is 4.33. The summed E-state index contributed by atoms with van der Waals surface area (Å²) in [5.74, 6) is -0.975. The van der Waals surface area contributed by atoms with E-state index in [2.05, 4.69) is 31.9 Å². The number of hydrogen-bond acceptors (Lipinski definition) is 10. The Balaban J connectivity index is 2.01. The van der Waals surface area contributed by atoms with Crippen molar-refractivity contribution in [2.24, 2.45) is 0 Å². The molecular weight excluding hydrogens is 640 g/mol. The lowest BCUT2D eigenvalue weighted by atomic mass is 10.2. The molecule has 0 bridgehead atoms. The van der Waals surface area contributed by atoms with Crippen LogP contribution in [0.5, 0.6) is 11.5 Å². The number of nitro groups is 2. The van der Waals surface area contributed by atoms with E-state index in [1.165, 1.54) is 12.1 Å². The summed E-state index contributed by atoms with van der Waals surface area (Å²) in [7, 11) is -9.11. The molecule has 0 atom stereocenters. The number of rotatable bonds is 9. The summed E-state index contributed by atoms with van der Waals surface area (Å²) in [4.78, 5) is 19.4. The SMILES string of the molecule is O=[N+]([O-])c1ccc(S(=O)(=O)Oc2cc(Br)c(CBr)cc2OS(=O)(=O)c2ccc([N+](=O)[O-])cc2)cc1. The normalized spacial score (nSPS) is 11.6. The molecule has 0 aliphatic carbocycles. The van der Waals surface area contributed by atoms with Crippen LogP contribution in [0.1, 0.15) is 5.56 Å². The summed E-state index contributed by atoms with van der Waals surface area (Å²) < 4.78 is 61.7. The van der Waals surface area contributed by atoms with E-state index in [0.29, 0.717) is 10.0 Å². The highest BCUT2D eigenvalue weighted by Crippen LogP contribution is 2.38. The van der Waals surface area contributed by atoms with Gasteiger partial charge in [0.2, 0.25) is 0 Å². The average Bonchev–Trinajstić information content (AvgIpc) is 2.80. The van der Waals surface area contributed by atoms with Crippen LogP contribution in [0, 0.1) is 20.2 Å². The zero-order valence-electron chi connectivity index (χ0n) is 17.0. The number of hydrogen-bond donors (Lipinski definition) is 0. The van der Waals surface area contributed by atoms with Gasteiger partial charge in [0.1, 0.15) is 9.79 Å². The zero-order chi connectivity index (χ0) is 26.0. The van der Waals surface area contributed by atoms with Crippen LogP contribution in [-0.4, -0.2) is 26.7 Å². The van der Waals surface area contributed by atoms with Gasteiger partial charge < -0.3 is 8.37 Å². The Morgan fingerprint density at radius 3 is 1.43 bits per heavy atom. The minimum absolute atomic E-state index is 0.233. The molecule has 0 fully saturated rings. The fourth-order valence-corrected chi connectivity index (χ4v) is 5.78. The Labute approximate surface area is 215 Å². The highest BCUT2D eigenvalue weighted by molar-refractivity contribution is 9.10. The monoisotopic (exact) mass is 650 g/mol. The van der Waals surface area contributed by atoms with E-state index in [-0.39, 0.29) is 16.7 Å². The molecule has 3 aromatic carbocycles. The summed E-state index contributed by atoms with van der Waals surface area (Å²) in [6.07, 6.45) is 0. The van der Waals surface area contributed by atoms with Gasteiger partial charge in [-0.15, -0.1) is 0 Å². The molecule has 0 spiro atoms. The van der Waals surface area contributed by atoms with Crippen molar-refractivity contribution in [3.8, 4) is 11.5 Å². The molecular formula is C19H12Br2N2O10S2. The largest absolute Gasteiger partial charge is 0.375 e. The van der Waals surface area contributed by atoms with Crippen LogP contribution in [0.15, 0.2) is 74.9 Å². The molecule has 35 heavy (non-hydrogen) atoms. The van der Waals surface area contributed by atoms with Crippen molar-refractivity contribution in [3.63, 3.8) is 0 Å². The predicted molar refractivity (Wildman–Crippen MR) is 129 cm³/mol. The Kier molecular flexibility index (Phi) is 7.78. The minimum atomic E-state index is -4.55. The molecule has 0 heterocycles. The first-order chi connectivity index (χ1) is 16.3. The van der Waals surface area contributed by atoms with Gasteiger partial charge in [-0.25, -0.2) is 0 Å². The van der Waals surface area contributed by atoms with Gasteiger partial charge in [0.05, 0.1) is 9.85 Å². The molecule has 16 heteroatoms. The van der Waals surface area contributed by atoms with E-state index in [1.807, 2.05) is 0 Å². The molecule has 3 aromatic rings. The average molecular weight is 652 g/mol. The lowest BCUT2D eigenvalue weighted by Gasteiger charge is -2.15. The van der Waals surface area contributed by atoms with Crippen molar-refractivity contribution in [1.29, 1.82) is 0 Å². The van der Waals surface area contributed by atoms with Crippen molar-refractivity contribution >= 4 is 63.5 Å². The number of nitro benzene ring substituents is 2. The summed E-state index contributed by atoms with van der Waals surface area (Å²) in [5, 5.41) is 21.9. The molecule has 0 radical (unpaired) electrons. The first-order valence-electron chi connectivity index (χ1n) is 9.10. The molecule has 0 aliphatic heterocycles. The van der Waals surface area contributed by atoms with E-state index >= 15 is 0 Å². The molecule has 0 saturated heterocycles. The molecule has 0 amide bonds. The Bertz CT molecular complexity index is 1510. The summed E-state index contributed by atoms with van der Waals surface area (Å²) in [5.41, 5.74) is -0.196. The fraction of sp³-hybridized carbons (Fsp3) is 0.0526. The maximum Gasteiger partial charge on any atom is 0.339 e. The van der Waals surface area contributed by atoms with Gasteiger partial charge in [0.15, 0.2) is 11.5 Å². The number of non-ortho nitro benzene ring substituents is 2. The van der Waals surface area contributed by atoms with Gasteiger partial charge in [0.25, 0.3) is 11.4 Å². The van der Waals surface area contributed by atoms with Crippen LogP contribution in [-0.2, 0) is 25.6 Å².